The van der Waals surface area contributed by atoms with Gasteiger partial charge in [0, 0.05) is 23.7 Å². The van der Waals surface area contributed by atoms with Gasteiger partial charge in [-0.25, -0.2) is 0 Å². The van der Waals surface area contributed by atoms with E-state index in [9.17, 15) is 9.59 Å². The lowest BCUT2D eigenvalue weighted by molar-refractivity contribution is -0.705. The third kappa shape index (κ3) is 3.89. The summed E-state index contributed by atoms with van der Waals surface area (Å²) in [5, 5.41) is 3.43. The van der Waals surface area contributed by atoms with E-state index in [4.69, 9.17) is 11.6 Å². The molecule has 1 aromatic carbocycles. The van der Waals surface area contributed by atoms with Crippen molar-refractivity contribution in [3.63, 3.8) is 0 Å². The zero-order chi connectivity index (χ0) is 15.4. The van der Waals surface area contributed by atoms with Gasteiger partial charge >= 0.3 is 0 Å². The maximum atomic E-state index is 12.2. The Morgan fingerprint density at radius 2 is 1.86 bits per heavy atom. The number of pyridine rings is 1. The van der Waals surface area contributed by atoms with E-state index in [0.717, 1.165) is 0 Å². The summed E-state index contributed by atoms with van der Waals surface area (Å²) in [4.78, 5) is 23.6. The zero-order valence-electron chi connectivity index (χ0n) is 11.8. The molecule has 1 amide bonds. The molecule has 0 aliphatic heterocycles. The van der Waals surface area contributed by atoms with Gasteiger partial charge in [0.25, 0.3) is 5.91 Å². The number of halogens is 1. The first-order valence-electron chi connectivity index (χ1n) is 6.55. The molecular weight excluding hydrogens is 288 g/mol. The number of nitrogens with one attached hydrogen (secondary N) is 1. The van der Waals surface area contributed by atoms with E-state index in [1.165, 1.54) is 6.92 Å². The number of aromatic nitrogens is 1. The lowest BCUT2D eigenvalue weighted by Crippen LogP contribution is -2.44. The van der Waals surface area contributed by atoms with Gasteiger partial charge in [0.15, 0.2) is 18.2 Å². The molecule has 1 N–H and O–H groups in total. The van der Waals surface area contributed by atoms with Crippen LogP contribution in [0.25, 0.3) is 0 Å². The number of anilines is 1. The lowest BCUT2D eigenvalue weighted by Gasteiger charge is -2.09. The highest BCUT2D eigenvalue weighted by molar-refractivity contribution is 6.30. The third-order valence-corrected chi connectivity index (χ3v) is 3.42. The average Bonchev–Trinajstić information content (AvgIpc) is 2.49. The maximum absolute atomic E-state index is 12.2. The molecule has 2 rings (SSSR count). The van der Waals surface area contributed by atoms with Crippen molar-refractivity contribution in [2.75, 3.05) is 5.32 Å². The van der Waals surface area contributed by atoms with Crippen LogP contribution in [-0.4, -0.2) is 11.7 Å². The fourth-order valence-corrected chi connectivity index (χ4v) is 1.98. The van der Waals surface area contributed by atoms with Crippen LogP contribution in [0.4, 0.5) is 5.69 Å². The molecule has 0 saturated carbocycles. The first kappa shape index (κ1) is 15.2. The molecule has 108 valence electrons. The van der Waals surface area contributed by atoms with E-state index in [1.807, 2.05) is 0 Å². The topological polar surface area (TPSA) is 50.0 Å². The van der Waals surface area contributed by atoms with Gasteiger partial charge in [-0.05, 0) is 37.3 Å². The Kier molecular flexibility index (Phi) is 4.70. The molecular formula is C16H16ClN2O2+. The first-order chi connectivity index (χ1) is 9.97. The molecule has 0 spiro atoms. The van der Waals surface area contributed by atoms with Crippen LogP contribution in [0.5, 0.6) is 0 Å². The molecule has 1 aromatic heterocycles. The van der Waals surface area contributed by atoms with Gasteiger partial charge in [-0.15, -0.1) is 0 Å². The number of carbonyl (C=O) groups excluding carboxylic acids is 2. The van der Waals surface area contributed by atoms with Gasteiger partial charge in [0.2, 0.25) is 6.04 Å². The van der Waals surface area contributed by atoms with Gasteiger partial charge < -0.3 is 5.32 Å². The number of hydrogen-bond acceptors (Lipinski definition) is 2. The van der Waals surface area contributed by atoms with Crippen molar-refractivity contribution in [3.8, 4) is 0 Å². The SMILES string of the molecule is CC(=O)c1ccc[n+]([C@H](C)C(=O)Nc2ccc(Cl)cc2)c1. The van der Waals surface area contributed by atoms with Crippen molar-refractivity contribution in [1.82, 2.24) is 0 Å². The number of hydrogen-bond donors (Lipinski definition) is 1. The highest BCUT2D eigenvalue weighted by atomic mass is 35.5. The van der Waals surface area contributed by atoms with Gasteiger partial charge in [0.05, 0.1) is 5.56 Å². The summed E-state index contributed by atoms with van der Waals surface area (Å²) in [7, 11) is 0. The number of ketones is 1. The highest BCUT2D eigenvalue weighted by Crippen LogP contribution is 2.14. The van der Waals surface area contributed by atoms with Gasteiger partial charge in [0.1, 0.15) is 0 Å². The summed E-state index contributed by atoms with van der Waals surface area (Å²) < 4.78 is 1.71. The van der Waals surface area contributed by atoms with E-state index in [-0.39, 0.29) is 11.7 Å². The molecule has 0 fully saturated rings. The number of rotatable bonds is 4. The molecule has 4 nitrogen and oxygen atoms in total. The van der Waals surface area contributed by atoms with Crippen LogP contribution >= 0.6 is 11.6 Å². The molecule has 0 bridgehead atoms. The highest BCUT2D eigenvalue weighted by Gasteiger charge is 2.22. The van der Waals surface area contributed by atoms with Crippen LogP contribution in [0.1, 0.15) is 30.2 Å². The second-order valence-electron chi connectivity index (χ2n) is 4.77. The zero-order valence-corrected chi connectivity index (χ0v) is 12.6. The van der Waals surface area contributed by atoms with Crippen LogP contribution in [0.3, 0.4) is 0 Å². The van der Waals surface area contributed by atoms with Gasteiger partial charge in [-0.3, -0.25) is 9.59 Å². The Hall–Kier alpha value is -2.20. The quantitative estimate of drug-likeness (QED) is 0.697. The summed E-state index contributed by atoms with van der Waals surface area (Å²) in [5.74, 6) is -0.197. The summed E-state index contributed by atoms with van der Waals surface area (Å²) >= 11 is 5.80. The van der Waals surface area contributed by atoms with Crippen molar-refractivity contribution < 1.29 is 14.2 Å². The molecule has 21 heavy (non-hydrogen) atoms. The molecule has 1 heterocycles. The molecule has 0 aliphatic rings. The molecule has 0 radical (unpaired) electrons. The number of carbonyl (C=O) groups is 2. The van der Waals surface area contributed by atoms with Crippen LogP contribution in [0, 0.1) is 0 Å². The number of amides is 1. The van der Waals surface area contributed by atoms with Crippen molar-refractivity contribution in [2.45, 2.75) is 19.9 Å². The van der Waals surface area contributed by atoms with Crippen molar-refractivity contribution in [1.29, 1.82) is 0 Å². The Morgan fingerprint density at radius 3 is 2.48 bits per heavy atom. The molecule has 0 saturated heterocycles. The first-order valence-corrected chi connectivity index (χ1v) is 6.93. The maximum Gasteiger partial charge on any atom is 0.293 e. The minimum Gasteiger partial charge on any atom is -0.320 e. The molecule has 0 unspecified atom stereocenters. The largest absolute Gasteiger partial charge is 0.320 e. The predicted molar refractivity (Wildman–Crippen MR) is 81.4 cm³/mol. The number of Topliss-reactive ketones (excluding diaryl/α,β-unsaturated/α-hetero) is 1. The number of nitrogens with zero attached hydrogens (tertiary/aromatic N) is 1. The van der Waals surface area contributed by atoms with Crippen LogP contribution in [0.2, 0.25) is 5.02 Å². The van der Waals surface area contributed by atoms with E-state index in [1.54, 1.807) is 60.3 Å². The summed E-state index contributed by atoms with van der Waals surface area (Å²) in [6.45, 7) is 3.27. The average molecular weight is 304 g/mol. The fraction of sp³-hybridized carbons (Fsp3) is 0.188. The Balaban J connectivity index is 2.13. The molecule has 1 atom stereocenters. The fourth-order valence-electron chi connectivity index (χ4n) is 1.86. The minimum atomic E-state index is -0.431. The normalized spacial score (nSPS) is 11.8. The van der Waals surface area contributed by atoms with Crippen LogP contribution in [-0.2, 0) is 4.79 Å². The molecule has 5 heteroatoms. The second kappa shape index (κ2) is 6.50. The standard InChI is InChI=1S/C16H15ClN2O2/c1-11(19-9-3-4-13(10-19)12(2)20)16(21)18-15-7-5-14(17)6-8-15/h3-11H,1-2H3/p+1/t11-/m1/s1. The molecule has 2 aromatic rings. The third-order valence-electron chi connectivity index (χ3n) is 3.17. The van der Waals surface area contributed by atoms with Crippen molar-refractivity contribution >= 4 is 29.0 Å². The molecule has 0 aliphatic carbocycles. The van der Waals surface area contributed by atoms with Crippen molar-refractivity contribution in [3.05, 3.63) is 59.4 Å². The minimum absolute atomic E-state index is 0.0327. The Morgan fingerprint density at radius 1 is 1.19 bits per heavy atom. The van der Waals surface area contributed by atoms with E-state index in [2.05, 4.69) is 5.32 Å². The predicted octanol–water partition coefficient (Wildman–Crippen LogP) is 3.03. The Labute approximate surface area is 128 Å². The van der Waals surface area contributed by atoms with Crippen molar-refractivity contribution in [2.24, 2.45) is 0 Å². The van der Waals surface area contributed by atoms with Gasteiger partial charge in [-0.2, -0.15) is 4.57 Å². The van der Waals surface area contributed by atoms with E-state index >= 15 is 0 Å². The lowest BCUT2D eigenvalue weighted by atomic mass is 10.2. The van der Waals surface area contributed by atoms with Gasteiger partial charge in [-0.1, -0.05) is 11.6 Å². The monoisotopic (exact) mass is 303 g/mol. The van der Waals surface area contributed by atoms with E-state index < -0.39 is 6.04 Å². The number of benzene rings is 1. The smallest absolute Gasteiger partial charge is 0.293 e. The Bertz CT molecular complexity index is 668. The van der Waals surface area contributed by atoms with Crippen LogP contribution in [0.15, 0.2) is 48.8 Å². The summed E-state index contributed by atoms with van der Waals surface area (Å²) in [5.41, 5.74) is 1.25. The van der Waals surface area contributed by atoms with E-state index in [0.29, 0.717) is 16.3 Å². The second-order valence-corrected chi connectivity index (χ2v) is 5.20. The summed E-state index contributed by atoms with van der Waals surface area (Å²) in [6.07, 6.45) is 3.44. The summed E-state index contributed by atoms with van der Waals surface area (Å²) in [6, 6.07) is 9.95. The van der Waals surface area contributed by atoms with Crippen LogP contribution < -0.4 is 9.88 Å².